The van der Waals surface area contributed by atoms with Crippen LogP contribution in [0.5, 0.6) is 5.75 Å². The normalized spacial score (nSPS) is 12.8. The maximum Gasteiger partial charge on any atom is 0.120 e. The van der Waals surface area contributed by atoms with E-state index in [0.717, 1.165) is 6.54 Å². The summed E-state index contributed by atoms with van der Waals surface area (Å²) >= 11 is 0. The smallest absolute Gasteiger partial charge is 0.120 e. The first-order chi connectivity index (χ1) is 7.54. The number of ether oxygens (including phenoxy) is 1. The quantitative estimate of drug-likeness (QED) is 0.781. The predicted octanol–water partition coefficient (Wildman–Crippen LogP) is 0.947. The highest BCUT2D eigenvalue weighted by Crippen LogP contribution is 2.22. The Bertz CT molecular complexity index is 380. The van der Waals surface area contributed by atoms with Crippen LogP contribution < -0.4 is 10.5 Å². The molecular formula is C11H18N2O2S. The molecule has 0 fully saturated rings. The number of hydrogen-bond donors (Lipinski definition) is 1. The van der Waals surface area contributed by atoms with Gasteiger partial charge in [-0.25, -0.2) is 0 Å². The molecule has 0 saturated heterocycles. The Morgan fingerprint density at radius 2 is 2.12 bits per heavy atom. The van der Waals surface area contributed by atoms with Gasteiger partial charge >= 0.3 is 0 Å². The van der Waals surface area contributed by atoms with Crippen LogP contribution in [0.2, 0.25) is 0 Å². The second kappa shape index (κ2) is 5.86. The highest BCUT2D eigenvalue weighted by molar-refractivity contribution is 7.85. The summed E-state index contributed by atoms with van der Waals surface area (Å²) in [5, 5.41) is 0. The van der Waals surface area contributed by atoms with Crippen LogP contribution in [-0.4, -0.2) is 42.6 Å². The molecule has 1 rings (SSSR count). The van der Waals surface area contributed by atoms with E-state index in [4.69, 9.17) is 10.5 Å². The highest BCUT2D eigenvalue weighted by atomic mass is 32.2. The zero-order valence-corrected chi connectivity index (χ0v) is 10.7. The molecule has 0 saturated carbocycles. The third-order valence-electron chi connectivity index (χ3n) is 2.19. The van der Waals surface area contributed by atoms with Gasteiger partial charge in [-0.2, -0.15) is 0 Å². The third-order valence-corrected chi connectivity index (χ3v) is 3.59. The van der Waals surface area contributed by atoms with Crippen LogP contribution >= 0.6 is 0 Å². The summed E-state index contributed by atoms with van der Waals surface area (Å²) in [6.45, 7) is 0.767. The van der Waals surface area contributed by atoms with Gasteiger partial charge in [-0.05, 0) is 32.3 Å². The third kappa shape index (κ3) is 3.50. The van der Waals surface area contributed by atoms with Crippen LogP contribution in [0.25, 0.3) is 0 Å². The Balaban J connectivity index is 2.81. The Hall–Kier alpha value is -1.07. The molecule has 0 aliphatic rings. The number of hydrogen-bond acceptors (Lipinski definition) is 4. The monoisotopic (exact) mass is 242 g/mol. The summed E-state index contributed by atoms with van der Waals surface area (Å²) < 4.78 is 17.1. The SMILES string of the molecule is COc1ccc(N)c(S(=O)CCN(C)C)c1. The van der Waals surface area contributed by atoms with Gasteiger partial charge in [-0.15, -0.1) is 0 Å². The Morgan fingerprint density at radius 3 is 2.69 bits per heavy atom. The van der Waals surface area contributed by atoms with Crippen molar-refractivity contribution in [1.82, 2.24) is 4.90 Å². The van der Waals surface area contributed by atoms with Crippen LogP contribution in [0.1, 0.15) is 0 Å². The molecule has 1 aromatic rings. The summed E-state index contributed by atoms with van der Waals surface area (Å²) in [6.07, 6.45) is 0. The molecule has 1 aromatic carbocycles. The van der Waals surface area contributed by atoms with Gasteiger partial charge in [0.25, 0.3) is 0 Å². The Morgan fingerprint density at radius 1 is 1.44 bits per heavy atom. The fourth-order valence-electron chi connectivity index (χ4n) is 1.21. The summed E-state index contributed by atoms with van der Waals surface area (Å²) in [7, 11) is 4.41. The zero-order chi connectivity index (χ0) is 12.1. The average Bonchev–Trinajstić information content (AvgIpc) is 2.26. The molecule has 0 amide bonds. The van der Waals surface area contributed by atoms with Crippen molar-refractivity contribution in [3.05, 3.63) is 18.2 Å². The molecule has 4 nitrogen and oxygen atoms in total. The lowest BCUT2D eigenvalue weighted by Crippen LogP contribution is -2.19. The predicted molar refractivity (Wildman–Crippen MR) is 67.2 cm³/mol. The van der Waals surface area contributed by atoms with E-state index in [-0.39, 0.29) is 0 Å². The zero-order valence-electron chi connectivity index (χ0n) is 9.90. The Labute approximate surface area is 98.8 Å². The van der Waals surface area contributed by atoms with Crippen LogP contribution in [0.3, 0.4) is 0 Å². The van der Waals surface area contributed by atoms with Crippen molar-refractivity contribution < 1.29 is 8.95 Å². The highest BCUT2D eigenvalue weighted by Gasteiger charge is 2.09. The minimum atomic E-state index is -1.07. The number of nitrogens with zero attached hydrogens (tertiary/aromatic N) is 1. The number of anilines is 1. The van der Waals surface area contributed by atoms with Crippen LogP contribution in [-0.2, 0) is 10.8 Å². The first kappa shape index (κ1) is 13.0. The van der Waals surface area contributed by atoms with Crippen molar-refractivity contribution in [2.24, 2.45) is 0 Å². The van der Waals surface area contributed by atoms with Gasteiger partial charge in [0.05, 0.1) is 22.8 Å². The standard InChI is InChI=1S/C11H18N2O2S/c1-13(2)6-7-16(14)11-8-9(15-3)4-5-10(11)12/h4-5,8H,6-7,12H2,1-3H3. The topological polar surface area (TPSA) is 55.6 Å². The molecule has 0 aliphatic heterocycles. The number of benzene rings is 1. The van der Waals surface area contributed by atoms with E-state index in [1.165, 1.54) is 0 Å². The van der Waals surface area contributed by atoms with Crippen molar-refractivity contribution >= 4 is 16.5 Å². The van der Waals surface area contributed by atoms with Crippen LogP contribution in [0.15, 0.2) is 23.1 Å². The van der Waals surface area contributed by atoms with E-state index in [2.05, 4.69) is 0 Å². The van der Waals surface area contributed by atoms with Crippen molar-refractivity contribution in [3.8, 4) is 5.75 Å². The second-order valence-electron chi connectivity index (χ2n) is 3.76. The minimum Gasteiger partial charge on any atom is -0.497 e. The Kier molecular flexibility index (Phi) is 4.76. The minimum absolute atomic E-state index is 0.554. The molecule has 0 aliphatic carbocycles. The van der Waals surface area contributed by atoms with E-state index < -0.39 is 10.8 Å². The molecule has 0 radical (unpaired) electrons. The lowest BCUT2D eigenvalue weighted by atomic mass is 10.3. The van der Waals surface area contributed by atoms with Crippen LogP contribution in [0.4, 0.5) is 5.69 Å². The first-order valence-electron chi connectivity index (χ1n) is 5.01. The molecule has 0 heterocycles. The average molecular weight is 242 g/mol. The van der Waals surface area contributed by atoms with Gasteiger partial charge in [0.15, 0.2) is 0 Å². The summed E-state index contributed by atoms with van der Waals surface area (Å²) in [5.41, 5.74) is 6.34. The van der Waals surface area contributed by atoms with E-state index in [1.807, 2.05) is 19.0 Å². The van der Waals surface area contributed by atoms with Crippen LogP contribution in [0, 0.1) is 0 Å². The molecule has 5 heteroatoms. The summed E-state index contributed by atoms with van der Waals surface area (Å²) in [4.78, 5) is 2.65. The summed E-state index contributed by atoms with van der Waals surface area (Å²) in [6, 6.07) is 5.23. The van der Waals surface area contributed by atoms with E-state index in [9.17, 15) is 4.21 Å². The summed E-state index contributed by atoms with van der Waals surface area (Å²) in [5.74, 6) is 1.26. The maximum absolute atomic E-state index is 12.0. The van der Waals surface area contributed by atoms with Gasteiger partial charge < -0.3 is 15.4 Å². The lowest BCUT2D eigenvalue weighted by molar-refractivity contribution is 0.413. The van der Waals surface area contributed by atoms with Gasteiger partial charge in [0.2, 0.25) is 0 Å². The molecule has 90 valence electrons. The molecule has 2 N–H and O–H groups in total. The van der Waals surface area contributed by atoms with Crippen molar-refractivity contribution in [1.29, 1.82) is 0 Å². The number of nitrogen functional groups attached to an aromatic ring is 1. The fraction of sp³-hybridized carbons (Fsp3) is 0.455. The molecule has 0 aromatic heterocycles. The molecule has 0 spiro atoms. The molecule has 16 heavy (non-hydrogen) atoms. The first-order valence-corrected chi connectivity index (χ1v) is 6.33. The largest absolute Gasteiger partial charge is 0.497 e. The van der Waals surface area contributed by atoms with Crippen molar-refractivity contribution in [3.63, 3.8) is 0 Å². The fourth-order valence-corrected chi connectivity index (χ4v) is 2.54. The number of methoxy groups -OCH3 is 1. The van der Waals surface area contributed by atoms with E-state index in [1.54, 1.807) is 25.3 Å². The van der Waals surface area contributed by atoms with Gasteiger partial charge in [-0.1, -0.05) is 0 Å². The molecular weight excluding hydrogens is 224 g/mol. The molecule has 1 unspecified atom stereocenters. The number of nitrogens with two attached hydrogens (primary N) is 1. The van der Waals surface area contributed by atoms with Gasteiger partial charge in [0.1, 0.15) is 5.75 Å². The van der Waals surface area contributed by atoms with Gasteiger partial charge in [-0.3, -0.25) is 4.21 Å². The second-order valence-corrected chi connectivity index (χ2v) is 5.30. The lowest BCUT2D eigenvalue weighted by Gasteiger charge is -2.11. The van der Waals surface area contributed by atoms with E-state index in [0.29, 0.717) is 22.1 Å². The van der Waals surface area contributed by atoms with Gasteiger partial charge in [0, 0.05) is 18.0 Å². The van der Waals surface area contributed by atoms with E-state index >= 15 is 0 Å². The van der Waals surface area contributed by atoms with Crippen molar-refractivity contribution in [2.45, 2.75) is 4.90 Å². The van der Waals surface area contributed by atoms with Crippen molar-refractivity contribution in [2.75, 3.05) is 39.2 Å². The number of rotatable bonds is 5. The molecule has 0 bridgehead atoms. The maximum atomic E-state index is 12.0. The molecule has 1 atom stereocenters.